The van der Waals surface area contributed by atoms with Crippen LogP contribution in [0.25, 0.3) is 0 Å². The normalized spacial score (nSPS) is 42.0. The second kappa shape index (κ2) is 3.02. The van der Waals surface area contributed by atoms with Crippen LogP contribution in [0.4, 0.5) is 0 Å². The maximum atomic E-state index is 2.77. The lowest BCUT2D eigenvalue weighted by Gasteiger charge is -2.37. The minimum atomic E-state index is 0.689. The number of nitrogens with zero attached hydrogens (tertiary/aromatic N) is 1. The fourth-order valence-corrected chi connectivity index (χ4v) is 2.98. The highest BCUT2D eigenvalue weighted by molar-refractivity contribution is 5.10. The molecule has 0 radical (unpaired) electrons. The molecular weight excluding hydrogens is 146 g/mol. The van der Waals surface area contributed by atoms with Crippen LogP contribution < -0.4 is 0 Å². The second-order valence-corrected chi connectivity index (χ2v) is 4.65. The molecule has 1 aliphatic carbocycles. The van der Waals surface area contributed by atoms with E-state index in [2.05, 4.69) is 18.7 Å². The van der Waals surface area contributed by atoms with Gasteiger partial charge in [-0.15, -0.1) is 0 Å². The largest absolute Gasteiger partial charge is 0.297 e. The minimum absolute atomic E-state index is 0.689. The molecule has 12 heavy (non-hydrogen) atoms. The zero-order valence-electron chi connectivity index (χ0n) is 8.47. The average Bonchev–Trinajstić information content (AvgIpc) is 2.69. The Balaban J connectivity index is 1.99. The van der Waals surface area contributed by atoms with Gasteiger partial charge in [0.25, 0.3) is 0 Å². The predicted octanol–water partition coefficient (Wildman–Crippen LogP) is 2.66. The lowest BCUT2D eigenvalue weighted by Crippen LogP contribution is -2.43. The first-order valence-corrected chi connectivity index (χ1v) is 5.54. The Morgan fingerprint density at radius 3 is 2.75 bits per heavy atom. The highest BCUT2D eigenvalue weighted by Crippen LogP contribution is 2.53. The summed E-state index contributed by atoms with van der Waals surface area (Å²) >= 11 is 0. The molecule has 0 N–H and O–H groups in total. The van der Waals surface area contributed by atoms with E-state index in [9.17, 15) is 0 Å². The van der Waals surface area contributed by atoms with E-state index in [0.717, 1.165) is 5.92 Å². The molecule has 0 aromatic rings. The average molecular weight is 167 g/mol. The van der Waals surface area contributed by atoms with Gasteiger partial charge in [0.15, 0.2) is 0 Å². The topological polar surface area (TPSA) is 3.24 Å². The molecule has 2 atom stereocenters. The SMILES string of the molecule is CCCN1CCCCC12C[C@H]2C. The first-order valence-electron chi connectivity index (χ1n) is 5.54. The Labute approximate surface area is 76.1 Å². The summed E-state index contributed by atoms with van der Waals surface area (Å²) in [7, 11) is 0. The van der Waals surface area contributed by atoms with Crippen LogP contribution in [0.5, 0.6) is 0 Å². The molecule has 0 aromatic heterocycles. The van der Waals surface area contributed by atoms with Crippen LogP contribution in [-0.2, 0) is 0 Å². The van der Waals surface area contributed by atoms with Crippen molar-refractivity contribution in [3.8, 4) is 0 Å². The molecule has 1 heteroatoms. The van der Waals surface area contributed by atoms with Crippen LogP contribution >= 0.6 is 0 Å². The van der Waals surface area contributed by atoms with Crippen LogP contribution in [0, 0.1) is 5.92 Å². The summed E-state index contributed by atoms with van der Waals surface area (Å²) in [5.74, 6) is 0.990. The van der Waals surface area contributed by atoms with Crippen molar-refractivity contribution in [2.24, 2.45) is 5.92 Å². The molecule has 1 heterocycles. The fourth-order valence-electron chi connectivity index (χ4n) is 2.98. The fraction of sp³-hybridized carbons (Fsp3) is 1.00. The van der Waals surface area contributed by atoms with E-state index in [1.54, 1.807) is 0 Å². The van der Waals surface area contributed by atoms with Crippen LogP contribution in [0.2, 0.25) is 0 Å². The van der Waals surface area contributed by atoms with Gasteiger partial charge in [0.1, 0.15) is 0 Å². The third-order valence-electron chi connectivity index (χ3n) is 3.83. The molecule has 2 rings (SSSR count). The molecular formula is C11H21N. The summed E-state index contributed by atoms with van der Waals surface area (Å²) in [4.78, 5) is 2.77. The molecule has 0 amide bonds. The predicted molar refractivity (Wildman–Crippen MR) is 52.2 cm³/mol. The highest BCUT2D eigenvalue weighted by Gasteiger charge is 2.55. The summed E-state index contributed by atoms with van der Waals surface area (Å²) in [6.45, 7) is 7.44. The van der Waals surface area contributed by atoms with Crippen molar-refractivity contribution in [3.63, 3.8) is 0 Å². The van der Waals surface area contributed by atoms with Gasteiger partial charge in [0, 0.05) is 5.54 Å². The van der Waals surface area contributed by atoms with Crippen molar-refractivity contribution in [3.05, 3.63) is 0 Å². The van der Waals surface area contributed by atoms with E-state index in [0.29, 0.717) is 5.54 Å². The molecule has 0 aromatic carbocycles. The molecule has 1 nitrogen and oxygen atoms in total. The summed E-state index contributed by atoms with van der Waals surface area (Å²) in [5, 5.41) is 0. The van der Waals surface area contributed by atoms with E-state index < -0.39 is 0 Å². The van der Waals surface area contributed by atoms with E-state index in [4.69, 9.17) is 0 Å². The zero-order valence-corrected chi connectivity index (χ0v) is 8.47. The van der Waals surface area contributed by atoms with Gasteiger partial charge in [-0.05, 0) is 44.7 Å². The molecule has 1 saturated heterocycles. The summed E-state index contributed by atoms with van der Waals surface area (Å²) in [6, 6.07) is 0. The quantitative estimate of drug-likeness (QED) is 0.611. The molecule has 2 fully saturated rings. The Morgan fingerprint density at radius 1 is 1.42 bits per heavy atom. The van der Waals surface area contributed by atoms with E-state index in [1.165, 1.54) is 45.2 Å². The Bertz CT molecular complexity index is 164. The molecule has 0 bridgehead atoms. The van der Waals surface area contributed by atoms with E-state index in [-0.39, 0.29) is 0 Å². The van der Waals surface area contributed by atoms with Gasteiger partial charge in [-0.1, -0.05) is 20.3 Å². The van der Waals surface area contributed by atoms with Crippen LogP contribution in [0.1, 0.15) is 46.0 Å². The Hall–Kier alpha value is -0.0400. The third-order valence-corrected chi connectivity index (χ3v) is 3.83. The van der Waals surface area contributed by atoms with Crippen molar-refractivity contribution < 1.29 is 0 Å². The monoisotopic (exact) mass is 167 g/mol. The first-order chi connectivity index (χ1) is 5.79. The van der Waals surface area contributed by atoms with Crippen LogP contribution in [0.3, 0.4) is 0 Å². The van der Waals surface area contributed by atoms with Gasteiger partial charge in [0.05, 0.1) is 0 Å². The first kappa shape index (κ1) is 8.55. The Kier molecular flexibility index (Phi) is 2.16. The van der Waals surface area contributed by atoms with E-state index in [1.807, 2.05) is 0 Å². The van der Waals surface area contributed by atoms with Gasteiger partial charge >= 0.3 is 0 Å². The van der Waals surface area contributed by atoms with Crippen molar-refractivity contribution in [1.29, 1.82) is 0 Å². The smallest absolute Gasteiger partial charge is 0.0239 e. The van der Waals surface area contributed by atoms with Crippen molar-refractivity contribution >= 4 is 0 Å². The van der Waals surface area contributed by atoms with E-state index >= 15 is 0 Å². The number of rotatable bonds is 2. The van der Waals surface area contributed by atoms with Crippen molar-refractivity contribution in [2.75, 3.05) is 13.1 Å². The van der Waals surface area contributed by atoms with Gasteiger partial charge in [0.2, 0.25) is 0 Å². The zero-order chi connectivity index (χ0) is 8.60. The summed E-state index contributed by atoms with van der Waals surface area (Å²) < 4.78 is 0. The number of hydrogen-bond acceptors (Lipinski definition) is 1. The number of hydrogen-bond donors (Lipinski definition) is 0. The molecule has 70 valence electrons. The van der Waals surface area contributed by atoms with Gasteiger partial charge in [-0.25, -0.2) is 0 Å². The van der Waals surface area contributed by atoms with Gasteiger partial charge in [-0.3, -0.25) is 4.90 Å². The third kappa shape index (κ3) is 1.19. The molecule has 1 saturated carbocycles. The lowest BCUT2D eigenvalue weighted by atomic mass is 9.98. The number of piperidine rings is 1. The standard InChI is InChI=1S/C11H21N/c1-3-7-12-8-5-4-6-11(12)9-10(11)2/h10H,3-9H2,1-2H3/t10-,11?/m1/s1. The maximum absolute atomic E-state index is 2.77. The Morgan fingerprint density at radius 2 is 2.17 bits per heavy atom. The van der Waals surface area contributed by atoms with Crippen molar-refractivity contribution in [1.82, 2.24) is 4.90 Å². The summed E-state index contributed by atoms with van der Waals surface area (Å²) in [5.41, 5.74) is 0.689. The van der Waals surface area contributed by atoms with Crippen molar-refractivity contribution in [2.45, 2.75) is 51.5 Å². The minimum Gasteiger partial charge on any atom is -0.297 e. The number of likely N-dealkylation sites (tertiary alicyclic amines) is 1. The van der Waals surface area contributed by atoms with Crippen LogP contribution in [-0.4, -0.2) is 23.5 Å². The van der Waals surface area contributed by atoms with Gasteiger partial charge < -0.3 is 0 Å². The molecule has 1 spiro atoms. The molecule has 1 unspecified atom stereocenters. The van der Waals surface area contributed by atoms with Gasteiger partial charge in [-0.2, -0.15) is 0 Å². The highest BCUT2D eigenvalue weighted by atomic mass is 15.2. The second-order valence-electron chi connectivity index (χ2n) is 4.65. The maximum Gasteiger partial charge on any atom is 0.0239 e. The lowest BCUT2D eigenvalue weighted by molar-refractivity contribution is 0.118. The molecule has 1 aliphatic heterocycles. The molecule has 2 aliphatic rings. The summed E-state index contributed by atoms with van der Waals surface area (Å²) in [6.07, 6.45) is 7.20. The van der Waals surface area contributed by atoms with Crippen LogP contribution in [0.15, 0.2) is 0 Å².